The van der Waals surface area contributed by atoms with Crippen LogP contribution >= 0.6 is 0 Å². The van der Waals surface area contributed by atoms with Crippen molar-refractivity contribution in [3.63, 3.8) is 0 Å². The average molecular weight is 226 g/mol. The lowest BCUT2D eigenvalue weighted by atomic mass is 9.96. The summed E-state index contributed by atoms with van der Waals surface area (Å²) in [7, 11) is 0. The van der Waals surface area contributed by atoms with Crippen LogP contribution in [0.5, 0.6) is 0 Å². The van der Waals surface area contributed by atoms with Gasteiger partial charge in [0.25, 0.3) is 0 Å². The highest BCUT2D eigenvalue weighted by atomic mass is 16.4. The summed E-state index contributed by atoms with van der Waals surface area (Å²) in [6, 6.07) is 0.527. The number of carbonyl (C=O) groups excluding carboxylic acids is 1. The van der Waals surface area contributed by atoms with Crippen molar-refractivity contribution in [1.82, 2.24) is 10.6 Å². The van der Waals surface area contributed by atoms with E-state index in [0.717, 1.165) is 32.1 Å². The normalized spacial score (nSPS) is 32.0. The van der Waals surface area contributed by atoms with Crippen LogP contribution in [0.25, 0.3) is 0 Å². The Bertz CT molecular complexity index is 293. The van der Waals surface area contributed by atoms with E-state index in [9.17, 15) is 9.59 Å². The SMILES string of the molecule is O=C(O)CCCC[C@@H]1CC[C@H]2NC(=O)N[C@@H]12. The van der Waals surface area contributed by atoms with Gasteiger partial charge in [-0.05, 0) is 31.6 Å². The number of hydrogen-bond acceptors (Lipinski definition) is 2. The second-order valence-corrected chi connectivity index (χ2v) is 4.73. The van der Waals surface area contributed by atoms with E-state index in [-0.39, 0.29) is 18.5 Å². The molecular weight excluding hydrogens is 208 g/mol. The van der Waals surface area contributed by atoms with Gasteiger partial charge in [0.15, 0.2) is 0 Å². The lowest BCUT2D eigenvalue weighted by Gasteiger charge is -2.17. The zero-order chi connectivity index (χ0) is 11.5. The van der Waals surface area contributed by atoms with E-state index in [1.807, 2.05) is 0 Å². The lowest BCUT2D eigenvalue weighted by Crippen LogP contribution is -2.33. The summed E-state index contributed by atoms with van der Waals surface area (Å²) in [4.78, 5) is 21.5. The summed E-state index contributed by atoms with van der Waals surface area (Å²) in [6.07, 6.45) is 5.14. The van der Waals surface area contributed by atoms with Gasteiger partial charge in [0.1, 0.15) is 0 Å². The van der Waals surface area contributed by atoms with E-state index in [2.05, 4.69) is 10.6 Å². The first kappa shape index (κ1) is 11.2. The Morgan fingerprint density at radius 2 is 2.12 bits per heavy atom. The zero-order valence-corrected chi connectivity index (χ0v) is 9.24. The number of carboxylic acids is 1. The van der Waals surface area contributed by atoms with Gasteiger partial charge in [0, 0.05) is 6.42 Å². The third-order valence-corrected chi connectivity index (χ3v) is 3.62. The van der Waals surface area contributed by atoms with Crippen LogP contribution in [0.15, 0.2) is 0 Å². The number of urea groups is 1. The predicted octanol–water partition coefficient (Wildman–Crippen LogP) is 1.09. The van der Waals surface area contributed by atoms with Gasteiger partial charge < -0.3 is 15.7 Å². The highest BCUT2D eigenvalue weighted by Crippen LogP contribution is 2.32. The van der Waals surface area contributed by atoms with Gasteiger partial charge in [-0.2, -0.15) is 0 Å². The smallest absolute Gasteiger partial charge is 0.315 e. The third-order valence-electron chi connectivity index (χ3n) is 3.62. The number of unbranched alkanes of at least 4 members (excludes halogenated alkanes) is 1. The molecule has 3 atom stereocenters. The van der Waals surface area contributed by atoms with Crippen molar-refractivity contribution < 1.29 is 14.7 Å². The fourth-order valence-corrected chi connectivity index (χ4v) is 2.83. The van der Waals surface area contributed by atoms with E-state index in [4.69, 9.17) is 5.11 Å². The molecule has 90 valence electrons. The average Bonchev–Trinajstić information content (AvgIpc) is 2.72. The Morgan fingerprint density at radius 1 is 1.31 bits per heavy atom. The molecule has 1 heterocycles. The summed E-state index contributed by atoms with van der Waals surface area (Å²) >= 11 is 0. The largest absolute Gasteiger partial charge is 0.481 e. The van der Waals surface area contributed by atoms with Crippen LogP contribution in [-0.4, -0.2) is 29.2 Å². The van der Waals surface area contributed by atoms with Crippen molar-refractivity contribution in [2.45, 2.75) is 50.6 Å². The second kappa shape index (κ2) is 4.72. The molecule has 0 bridgehead atoms. The molecular formula is C11H18N2O3. The van der Waals surface area contributed by atoms with Crippen molar-refractivity contribution in [3.05, 3.63) is 0 Å². The molecule has 1 saturated carbocycles. The van der Waals surface area contributed by atoms with Gasteiger partial charge in [0.05, 0.1) is 12.1 Å². The van der Waals surface area contributed by atoms with E-state index in [1.54, 1.807) is 0 Å². The molecule has 0 aromatic rings. The van der Waals surface area contributed by atoms with Crippen molar-refractivity contribution >= 4 is 12.0 Å². The van der Waals surface area contributed by atoms with E-state index >= 15 is 0 Å². The molecule has 0 aromatic heterocycles. The molecule has 2 aliphatic rings. The zero-order valence-electron chi connectivity index (χ0n) is 9.24. The van der Waals surface area contributed by atoms with Crippen molar-refractivity contribution in [2.75, 3.05) is 0 Å². The van der Waals surface area contributed by atoms with Crippen molar-refractivity contribution in [2.24, 2.45) is 5.92 Å². The van der Waals surface area contributed by atoms with Gasteiger partial charge in [-0.25, -0.2) is 4.79 Å². The van der Waals surface area contributed by atoms with Crippen LogP contribution < -0.4 is 10.6 Å². The third kappa shape index (κ3) is 2.46. The summed E-state index contributed by atoms with van der Waals surface area (Å²) in [6.45, 7) is 0. The van der Waals surface area contributed by atoms with E-state index in [0.29, 0.717) is 12.0 Å². The number of amides is 2. The molecule has 0 unspecified atom stereocenters. The Labute approximate surface area is 94.6 Å². The van der Waals surface area contributed by atoms with Gasteiger partial charge in [-0.15, -0.1) is 0 Å². The van der Waals surface area contributed by atoms with Crippen LogP contribution in [0.2, 0.25) is 0 Å². The highest BCUT2D eigenvalue weighted by molar-refractivity contribution is 5.77. The first-order valence-electron chi connectivity index (χ1n) is 5.95. The number of nitrogens with one attached hydrogen (secondary N) is 2. The Morgan fingerprint density at radius 3 is 2.88 bits per heavy atom. The van der Waals surface area contributed by atoms with E-state index < -0.39 is 5.97 Å². The fourth-order valence-electron chi connectivity index (χ4n) is 2.83. The van der Waals surface area contributed by atoms with E-state index in [1.165, 1.54) is 0 Å². The van der Waals surface area contributed by atoms with Crippen LogP contribution in [-0.2, 0) is 4.79 Å². The molecule has 16 heavy (non-hydrogen) atoms. The second-order valence-electron chi connectivity index (χ2n) is 4.73. The molecule has 0 aromatic carbocycles. The topological polar surface area (TPSA) is 78.4 Å². The molecule has 2 amide bonds. The minimum atomic E-state index is -0.722. The lowest BCUT2D eigenvalue weighted by molar-refractivity contribution is -0.137. The summed E-state index contributed by atoms with van der Waals surface area (Å²) in [5.74, 6) is -0.196. The summed E-state index contributed by atoms with van der Waals surface area (Å²) in [5.41, 5.74) is 0. The highest BCUT2D eigenvalue weighted by Gasteiger charge is 2.41. The predicted molar refractivity (Wildman–Crippen MR) is 58.1 cm³/mol. The standard InChI is InChI=1S/C11H18N2O3/c14-9(15)4-2-1-3-7-5-6-8-10(7)13-11(16)12-8/h7-8,10H,1-6H2,(H,14,15)(H2,12,13,16)/t7-,8-,10+/m1/s1. The van der Waals surface area contributed by atoms with Crippen LogP contribution in [0.1, 0.15) is 38.5 Å². The first-order chi connectivity index (χ1) is 7.66. The molecule has 0 radical (unpaired) electrons. The monoisotopic (exact) mass is 226 g/mol. The number of hydrogen-bond donors (Lipinski definition) is 3. The van der Waals surface area contributed by atoms with Gasteiger partial charge >= 0.3 is 12.0 Å². The summed E-state index contributed by atoms with van der Waals surface area (Å²) in [5, 5.41) is 14.4. The molecule has 2 fully saturated rings. The minimum absolute atomic E-state index is 0.0507. The van der Waals surface area contributed by atoms with Crippen LogP contribution in [0, 0.1) is 5.92 Å². The molecule has 1 aliphatic carbocycles. The molecule has 0 spiro atoms. The van der Waals surface area contributed by atoms with Gasteiger partial charge in [-0.3, -0.25) is 4.79 Å². The quantitative estimate of drug-likeness (QED) is 0.614. The maximum atomic E-state index is 11.1. The minimum Gasteiger partial charge on any atom is -0.481 e. The van der Waals surface area contributed by atoms with Gasteiger partial charge in [0.2, 0.25) is 0 Å². The Hall–Kier alpha value is -1.26. The molecule has 3 N–H and O–H groups in total. The van der Waals surface area contributed by atoms with Crippen molar-refractivity contribution in [3.8, 4) is 0 Å². The number of fused-ring (bicyclic) bond motifs is 1. The maximum Gasteiger partial charge on any atom is 0.315 e. The Balaban J connectivity index is 1.70. The molecule has 5 heteroatoms. The summed E-state index contributed by atoms with van der Waals surface area (Å²) < 4.78 is 0. The van der Waals surface area contributed by atoms with Crippen molar-refractivity contribution in [1.29, 1.82) is 0 Å². The number of rotatable bonds is 5. The van der Waals surface area contributed by atoms with Crippen LogP contribution in [0.4, 0.5) is 4.79 Å². The molecule has 1 saturated heterocycles. The van der Waals surface area contributed by atoms with Crippen LogP contribution in [0.3, 0.4) is 0 Å². The number of aliphatic carboxylic acids is 1. The van der Waals surface area contributed by atoms with Gasteiger partial charge in [-0.1, -0.05) is 6.42 Å². The maximum absolute atomic E-state index is 11.1. The molecule has 5 nitrogen and oxygen atoms in total. The first-order valence-corrected chi connectivity index (χ1v) is 5.95. The number of carboxylic acid groups (broad SMARTS) is 1. The fraction of sp³-hybridized carbons (Fsp3) is 0.818. The number of carbonyl (C=O) groups is 2. The molecule has 2 rings (SSSR count). The molecule has 1 aliphatic heterocycles. The Kier molecular flexibility index (Phi) is 3.31.